The van der Waals surface area contributed by atoms with Crippen molar-refractivity contribution >= 4 is 28.0 Å². The van der Waals surface area contributed by atoms with Crippen LogP contribution in [0, 0.1) is 5.92 Å². The van der Waals surface area contributed by atoms with Gasteiger partial charge in [-0.2, -0.15) is 0 Å². The number of benzene rings is 2. The van der Waals surface area contributed by atoms with Gasteiger partial charge in [0.25, 0.3) is 11.5 Å². The highest BCUT2D eigenvalue weighted by Gasteiger charge is 2.27. The van der Waals surface area contributed by atoms with E-state index in [4.69, 9.17) is 4.42 Å². The smallest absolute Gasteiger partial charge is 0.297 e. The normalized spacial score (nSPS) is 16.9. The van der Waals surface area contributed by atoms with Crippen molar-refractivity contribution < 1.29 is 9.21 Å². The highest BCUT2D eigenvalue weighted by Crippen LogP contribution is 2.25. The molecule has 6 heteroatoms. The van der Waals surface area contributed by atoms with Gasteiger partial charge >= 0.3 is 0 Å². The van der Waals surface area contributed by atoms with Crippen molar-refractivity contribution in [3.63, 3.8) is 0 Å². The fourth-order valence-electron chi connectivity index (χ4n) is 3.95. The summed E-state index contributed by atoms with van der Waals surface area (Å²) in [5.74, 6) is 0.260. The molecule has 28 heavy (non-hydrogen) atoms. The van der Waals surface area contributed by atoms with E-state index in [0.29, 0.717) is 41.9 Å². The van der Waals surface area contributed by atoms with Gasteiger partial charge in [0.1, 0.15) is 11.1 Å². The molecule has 0 radical (unpaired) electrons. The molecule has 1 saturated heterocycles. The first kappa shape index (κ1) is 16.7. The molecule has 1 unspecified atom stereocenters. The molecule has 2 aromatic carbocycles. The quantitative estimate of drug-likeness (QED) is 0.553. The van der Waals surface area contributed by atoms with Crippen LogP contribution in [-0.4, -0.2) is 33.4 Å². The predicted octanol–water partition coefficient (Wildman–Crippen LogP) is 3.31. The molecule has 1 aliphatic rings. The van der Waals surface area contributed by atoms with Gasteiger partial charge in [0.05, 0.1) is 6.33 Å². The third-order valence-electron chi connectivity index (χ3n) is 5.40. The summed E-state index contributed by atoms with van der Waals surface area (Å²) in [7, 11) is 0. The Morgan fingerprint density at radius 3 is 2.75 bits per heavy atom. The van der Waals surface area contributed by atoms with E-state index in [9.17, 15) is 9.59 Å². The summed E-state index contributed by atoms with van der Waals surface area (Å²) in [6.07, 6.45) is 2.46. The van der Waals surface area contributed by atoms with E-state index in [2.05, 4.69) is 4.98 Å². The second kappa shape index (κ2) is 6.64. The second-order valence-electron chi connectivity index (χ2n) is 7.25. The zero-order valence-electron chi connectivity index (χ0n) is 15.2. The first-order chi connectivity index (χ1) is 13.7. The van der Waals surface area contributed by atoms with Gasteiger partial charge in [0, 0.05) is 30.6 Å². The Morgan fingerprint density at radius 2 is 1.89 bits per heavy atom. The predicted molar refractivity (Wildman–Crippen MR) is 106 cm³/mol. The van der Waals surface area contributed by atoms with Crippen molar-refractivity contribution in [2.75, 3.05) is 13.1 Å². The Balaban J connectivity index is 1.37. The van der Waals surface area contributed by atoms with E-state index in [0.717, 1.165) is 11.8 Å². The van der Waals surface area contributed by atoms with Crippen LogP contribution in [0.15, 0.2) is 70.1 Å². The summed E-state index contributed by atoms with van der Waals surface area (Å²) in [5, 5.41) is 0.849. The van der Waals surface area contributed by atoms with Gasteiger partial charge in [0.2, 0.25) is 5.58 Å². The molecule has 6 nitrogen and oxygen atoms in total. The molecule has 4 aromatic rings. The van der Waals surface area contributed by atoms with Crippen LogP contribution in [0.5, 0.6) is 0 Å². The van der Waals surface area contributed by atoms with Crippen LogP contribution in [0.3, 0.4) is 0 Å². The lowest BCUT2D eigenvalue weighted by Gasteiger charge is -2.17. The minimum Gasteiger partial charge on any atom is -0.448 e. The lowest BCUT2D eigenvalue weighted by Crippen LogP contribution is -2.30. The van der Waals surface area contributed by atoms with Crippen LogP contribution in [-0.2, 0) is 6.54 Å². The van der Waals surface area contributed by atoms with Gasteiger partial charge in [0.15, 0.2) is 0 Å². The molecule has 5 rings (SSSR count). The first-order valence-corrected chi connectivity index (χ1v) is 9.42. The molecule has 0 bridgehead atoms. The van der Waals surface area contributed by atoms with Crippen LogP contribution in [0.25, 0.3) is 22.1 Å². The van der Waals surface area contributed by atoms with Crippen LogP contribution in [0.2, 0.25) is 0 Å². The van der Waals surface area contributed by atoms with Gasteiger partial charge in [-0.1, -0.05) is 30.3 Å². The summed E-state index contributed by atoms with van der Waals surface area (Å²) >= 11 is 0. The highest BCUT2D eigenvalue weighted by molar-refractivity contribution is 6.01. The zero-order valence-corrected chi connectivity index (χ0v) is 15.2. The average molecular weight is 373 g/mol. The maximum atomic E-state index is 12.9. The molecule has 1 amide bonds. The summed E-state index contributed by atoms with van der Waals surface area (Å²) in [6.45, 7) is 1.86. The number of hydrogen-bond donors (Lipinski definition) is 0. The second-order valence-corrected chi connectivity index (χ2v) is 7.25. The Hall–Kier alpha value is -3.41. The van der Waals surface area contributed by atoms with Crippen molar-refractivity contribution in [2.45, 2.75) is 13.0 Å². The van der Waals surface area contributed by atoms with Crippen molar-refractivity contribution in [3.05, 3.63) is 76.8 Å². The topological polar surface area (TPSA) is 68.3 Å². The van der Waals surface area contributed by atoms with Gasteiger partial charge < -0.3 is 9.32 Å². The van der Waals surface area contributed by atoms with Crippen molar-refractivity contribution in [1.82, 2.24) is 14.5 Å². The SMILES string of the molecule is O=C(c1ccccc1)N1CCC(Cn2cnc3c(oc4ccccc43)c2=O)C1. The molecule has 140 valence electrons. The lowest BCUT2D eigenvalue weighted by atomic mass is 10.1. The number of furan rings is 1. The first-order valence-electron chi connectivity index (χ1n) is 9.42. The van der Waals surface area contributed by atoms with Crippen LogP contribution in [0.1, 0.15) is 16.8 Å². The largest absolute Gasteiger partial charge is 0.448 e. The monoisotopic (exact) mass is 373 g/mol. The molecule has 1 atom stereocenters. The number of carbonyl (C=O) groups is 1. The number of fused-ring (bicyclic) bond motifs is 3. The molecule has 1 fully saturated rings. The molecule has 0 N–H and O–H groups in total. The molecule has 3 heterocycles. The maximum absolute atomic E-state index is 12.9. The number of nitrogens with zero attached hydrogens (tertiary/aromatic N) is 3. The van der Waals surface area contributed by atoms with Crippen LogP contribution in [0.4, 0.5) is 0 Å². The summed E-state index contributed by atoms with van der Waals surface area (Å²) in [5.41, 5.74) is 2.09. The van der Waals surface area contributed by atoms with Crippen molar-refractivity contribution in [1.29, 1.82) is 0 Å². The molecular formula is C22H19N3O3. The summed E-state index contributed by atoms with van der Waals surface area (Å²) in [4.78, 5) is 31.8. The number of carbonyl (C=O) groups excluding carboxylic acids is 1. The minimum absolute atomic E-state index is 0.0429. The van der Waals surface area contributed by atoms with E-state index in [1.54, 1.807) is 10.9 Å². The van der Waals surface area contributed by atoms with E-state index < -0.39 is 0 Å². The standard InChI is InChI=1S/C22H19N3O3/c26-21(16-6-2-1-3-7-16)24-11-10-15(12-24)13-25-14-23-19-17-8-4-5-9-18(17)28-20(19)22(25)27/h1-9,14-15H,10-13H2. The van der Waals surface area contributed by atoms with Gasteiger partial charge in [-0.05, 0) is 36.6 Å². The number of aromatic nitrogens is 2. The zero-order chi connectivity index (χ0) is 19.1. The van der Waals surface area contributed by atoms with Gasteiger partial charge in [-0.25, -0.2) is 4.98 Å². The Morgan fingerprint density at radius 1 is 1.11 bits per heavy atom. The maximum Gasteiger partial charge on any atom is 0.297 e. The third kappa shape index (κ3) is 2.78. The Kier molecular flexibility index (Phi) is 3.97. The minimum atomic E-state index is -0.172. The molecule has 0 aliphatic carbocycles. The van der Waals surface area contributed by atoms with Crippen molar-refractivity contribution in [3.8, 4) is 0 Å². The molecule has 0 saturated carbocycles. The number of amides is 1. The van der Waals surface area contributed by atoms with E-state index in [1.807, 2.05) is 59.5 Å². The average Bonchev–Trinajstić information content (AvgIpc) is 3.35. The van der Waals surface area contributed by atoms with Gasteiger partial charge in [-0.3, -0.25) is 14.2 Å². The van der Waals surface area contributed by atoms with E-state index in [1.165, 1.54) is 0 Å². The number of para-hydroxylation sites is 1. The molecule has 1 aliphatic heterocycles. The highest BCUT2D eigenvalue weighted by atomic mass is 16.3. The number of hydrogen-bond acceptors (Lipinski definition) is 4. The molecule has 2 aromatic heterocycles. The van der Waals surface area contributed by atoms with Crippen LogP contribution >= 0.6 is 0 Å². The fraction of sp³-hybridized carbons (Fsp3) is 0.227. The third-order valence-corrected chi connectivity index (χ3v) is 5.40. The molecule has 0 spiro atoms. The Bertz CT molecular complexity index is 1230. The van der Waals surface area contributed by atoms with E-state index >= 15 is 0 Å². The number of likely N-dealkylation sites (tertiary alicyclic amines) is 1. The van der Waals surface area contributed by atoms with Crippen LogP contribution < -0.4 is 5.56 Å². The lowest BCUT2D eigenvalue weighted by molar-refractivity contribution is 0.0786. The van der Waals surface area contributed by atoms with Crippen molar-refractivity contribution in [2.24, 2.45) is 5.92 Å². The number of rotatable bonds is 3. The Labute approximate surface area is 161 Å². The fourth-order valence-corrected chi connectivity index (χ4v) is 3.95. The molecular weight excluding hydrogens is 354 g/mol. The van der Waals surface area contributed by atoms with Gasteiger partial charge in [-0.15, -0.1) is 0 Å². The summed E-state index contributed by atoms with van der Waals surface area (Å²) < 4.78 is 7.35. The van der Waals surface area contributed by atoms with E-state index in [-0.39, 0.29) is 17.4 Å². The summed E-state index contributed by atoms with van der Waals surface area (Å²) in [6, 6.07) is 16.8.